The second-order valence-electron chi connectivity index (χ2n) is 6.80. The molecule has 4 rings (SSSR count). The lowest BCUT2D eigenvalue weighted by molar-refractivity contribution is 0.0500. The Labute approximate surface area is 178 Å². The van der Waals surface area contributed by atoms with Crippen LogP contribution < -0.4 is 0 Å². The summed E-state index contributed by atoms with van der Waals surface area (Å²) >= 11 is 12.1. The highest BCUT2D eigenvalue weighted by molar-refractivity contribution is 7.89. The van der Waals surface area contributed by atoms with Crippen LogP contribution in [0.5, 0.6) is 0 Å². The van der Waals surface area contributed by atoms with Crippen LogP contribution in [0.25, 0.3) is 0 Å². The van der Waals surface area contributed by atoms with Gasteiger partial charge in [-0.3, -0.25) is 19.4 Å². The molecule has 152 valence electrons. The van der Waals surface area contributed by atoms with Crippen molar-refractivity contribution in [2.75, 3.05) is 32.8 Å². The summed E-state index contributed by atoms with van der Waals surface area (Å²) in [5, 5.41) is 0.150. The first-order valence-electron chi connectivity index (χ1n) is 8.92. The van der Waals surface area contributed by atoms with Gasteiger partial charge in [0.25, 0.3) is 11.8 Å². The first kappa shape index (κ1) is 20.3. The van der Waals surface area contributed by atoms with Crippen LogP contribution in [0.15, 0.2) is 47.4 Å². The molecule has 0 spiro atoms. The molecular formula is C19H17Cl2N3O4S. The predicted octanol–water partition coefficient (Wildman–Crippen LogP) is 2.55. The fourth-order valence-corrected chi connectivity index (χ4v) is 6.05. The van der Waals surface area contributed by atoms with E-state index in [9.17, 15) is 18.0 Å². The van der Waals surface area contributed by atoms with Crippen molar-refractivity contribution in [3.63, 3.8) is 0 Å². The highest BCUT2D eigenvalue weighted by Crippen LogP contribution is 2.32. The molecule has 0 aromatic heterocycles. The molecule has 2 aromatic rings. The minimum absolute atomic E-state index is 0.0750. The fraction of sp³-hybridized carbons (Fsp3) is 0.263. The topological polar surface area (TPSA) is 78.0 Å². The second-order valence-corrected chi connectivity index (χ2v) is 9.49. The second kappa shape index (κ2) is 7.70. The number of halogens is 2. The standard InChI is InChI=1S/C19H17Cl2N3O4S/c20-15-6-3-7-16(21)17(15)29(27,28)23-10-8-22(9-11-23)12-24-18(25)13-4-1-2-5-14(13)19(24)26/h1-7H,8-12H2. The Morgan fingerprint density at radius 1 is 0.793 bits per heavy atom. The van der Waals surface area contributed by atoms with Crippen molar-refractivity contribution in [3.05, 3.63) is 63.6 Å². The largest absolute Gasteiger partial charge is 0.283 e. The minimum Gasteiger partial charge on any atom is -0.283 e. The molecule has 10 heteroatoms. The van der Waals surface area contributed by atoms with Gasteiger partial charge in [0, 0.05) is 26.2 Å². The lowest BCUT2D eigenvalue weighted by atomic mass is 10.1. The van der Waals surface area contributed by atoms with E-state index in [1.807, 2.05) is 4.90 Å². The van der Waals surface area contributed by atoms with Gasteiger partial charge in [-0.25, -0.2) is 8.42 Å². The van der Waals surface area contributed by atoms with Crippen molar-refractivity contribution < 1.29 is 18.0 Å². The molecule has 0 atom stereocenters. The number of hydrogen-bond donors (Lipinski definition) is 0. The molecule has 2 heterocycles. The zero-order valence-electron chi connectivity index (χ0n) is 15.2. The summed E-state index contributed by atoms with van der Waals surface area (Å²) < 4.78 is 27.2. The number of imide groups is 1. The van der Waals surface area contributed by atoms with Crippen molar-refractivity contribution in [2.24, 2.45) is 0 Å². The SMILES string of the molecule is O=C1c2ccccc2C(=O)N1CN1CCN(S(=O)(=O)c2c(Cl)cccc2Cl)CC1. The van der Waals surface area contributed by atoms with Crippen molar-refractivity contribution >= 4 is 45.0 Å². The number of sulfonamides is 1. The molecule has 0 radical (unpaired) electrons. The lowest BCUT2D eigenvalue weighted by Crippen LogP contribution is -2.52. The van der Waals surface area contributed by atoms with Gasteiger partial charge in [-0.1, -0.05) is 41.4 Å². The maximum atomic E-state index is 13.0. The van der Waals surface area contributed by atoms with Gasteiger partial charge >= 0.3 is 0 Å². The van der Waals surface area contributed by atoms with E-state index in [1.54, 1.807) is 30.3 Å². The zero-order chi connectivity index (χ0) is 20.8. The third kappa shape index (κ3) is 3.55. The molecule has 1 saturated heterocycles. The summed E-state index contributed by atoms with van der Waals surface area (Å²) in [4.78, 5) is 28.0. The summed E-state index contributed by atoms with van der Waals surface area (Å²) in [6, 6.07) is 11.3. The highest BCUT2D eigenvalue weighted by atomic mass is 35.5. The lowest BCUT2D eigenvalue weighted by Gasteiger charge is -2.35. The molecule has 1 fully saturated rings. The molecule has 29 heavy (non-hydrogen) atoms. The number of carbonyl (C=O) groups is 2. The number of hydrogen-bond acceptors (Lipinski definition) is 5. The van der Waals surface area contributed by atoms with E-state index in [2.05, 4.69) is 0 Å². The van der Waals surface area contributed by atoms with Gasteiger partial charge < -0.3 is 0 Å². The minimum atomic E-state index is -3.84. The summed E-state index contributed by atoms with van der Waals surface area (Å²) in [6.07, 6.45) is 0. The Kier molecular flexibility index (Phi) is 5.39. The van der Waals surface area contributed by atoms with Gasteiger partial charge in [0.15, 0.2) is 0 Å². The van der Waals surface area contributed by atoms with Crippen LogP contribution in [0, 0.1) is 0 Å². The molecule has 7 nitrogen and oxygen atoms in total. The van der Waals surface area contributed by atoms with Crippen LogP contribution in [0.1, 0.15) is 20.7 Å². The van der Waals surface area contributed by atoms with Crippen LogP contribution in [-0.2, 0) is 10.0 Å². The third-order valence-corrected chi connectivity index (χ3v) is 7.92. The fourth-order valence-electron chi connectivity index (χ4n) is 3.54. The molecule has 0 saturated carbocycles. The Morgan fingerprint density at radius 3 is 1.83 bits per heavy atom. The smallest absolute Gasteiger partial charge is 0.262 e. The first-order chi connectivity index (χ1) is 13.8. The maximum Gasteiger partial charge on any atom is 0.262 e. The number of amides is 2. The Balaban J connectivity index is 1.44. The van der Waals surface area contributed by atoms with E-state index in [0.29, 0.717) is 24.2 Å². The van der Waals surface area contributed by atoms with Crippen molar-refractivity contribution in [3.8, 4) is 0 Å². The van der Waals surface area contributed by atoms with E-state index in [1.165, 1.54) is 21.3 Å². The summed E-state index contributed by atoms with van der Waals surface area (Å²) in [5.74, 6) is -0.660. The number of nitrogens with zero attached hydrogens (tertiary/aromatic N) is 3. The quantitative estimate of drug-likeness (QED) is 0.664. The Bertz CT molecular complexity index is 1040. The molecule has 2 aliphatic rings. The number of rotatable bonds is 4. The Morgan fingerprint density at radius 2 is 1.31 bits per heavy atom. The third-order valence-electron chi connectivity index (χ3n) is 5.07. The number of benzene rings is 2. The summed E-state index contributed by atoms with van der Waals surface area (Å²) in [6.45, 7) is 1.26. The maximum absolute atomic E-state index is 13.0. The molecule has 2 aliphatic heterocycles. The highest BCUT2D eigenvalue weighted by Gasteiger charge is 2.37. The predicted molar refractivity (Wildman–Crippen MR) is 109 cm³/mol. The average molecular weight is 454 g/mol. The van der Waals surface area contributed by atoms with Gasteiger partial charge in [-0.05, 0) is 24.3 Å². The van der Waals surface area contributed by atoms with Crippen LogP contribution in [0.4, 0.5) is 0 Å². The molecule has 0 N–H and O–H groups in total. The van der Waals surface area contributed by atoms with Gasteiger partial charge in [0.2, 0.25) is 10.0 Å². The van der Waals surface area contributed by atoms with Crippen molar-refractivity contribution in [2.45, 2.75) is 4.90 Å². The molecular weight excluding hydrogens is 437 g/mol. The monoisotopic (exact) mass is 453 g/mol. The summed E-state index contributed by atoms with van der Waals surface area (Å²) in [5.41, 5.74) is 0.791. The van der Waals surface area contributed by atoms with Gasteiger partial charge in [-0.15, -0.1) is 0 Å². The molecule has 2 amide bonds. The normalized spacial score (nSPS) is 18.3. The van der Waals surface area contributed by atoms with E-state index >= 15 is 0 Å². The van der Waals surface area contributed by atoms with Crippen LogP contribution in [0.2, 0.25) is 10.0 Å². The zero-order valence-corrected chi connectivity index (χ0v) is 17.5. The van der Waals surface area contributed by atoms with Crippen LogP contribution >= 0.6 is 23.2 Å². The molecule has 0 aliphatic carbocycles. The molecule has 0 unspecified atom stereocenters. The van der Waals surface area contributed by atoms with Crippen LogP contribution in [-0.4, -0.2) is 67.2 Å². The summed E-state index contributed by atoms with van der Waals surface area (Å²) in [7, 11) is -3.84. The van der Waals surface area contributed by atoms with E-state index in [4.69, 9.17) is 23.2 Å². The van der Waals surface area contributed by atoms with Crippen molar-refractivity contribution in [1.82, 2.24) is 14.1 Å². The van der Waals surface area contributed by atoms with Gasteiger partial charge in [-0.2, -0.15) is 4.31 Å². The van der Waals surface area contributed by atoms with Gasteiger partial charge in [0.05, 0.1) is 27.8 Å². The molecule has 0 bridgehead atoms. The number of piperazine rings is 1. The Hall–Kier alpha value is -1.97. The van der Waals surface area contributed by atoms with E-state index in [-0.39, 0.29) is 46.5 Å². The van der Waals surface area contributed by atoms with E-state index in [0.717, 1.165) is 0 Å². The van der Waals surface area contributed by atoms with Crippen molar-refractivity contribution in [1.29, 1.82) is 0 Å². The van der Waals surface area contributed by atoms with Gasteiger partial charge in [0.1, 0.15) is 4.90 Å². The number of carbonyl (C=O) groups excluding carboxylic acids is 2. The van der Waals surface area contributed by atoms with Crippen LogP contribution in [0.3, 0.4) is 0 Å². The number of fused-ring (bicyclic) bond motifs is 1. The van der Waals surface area contributed by atoms with E-state index < -0.39 is 10.0 Å². The molecule has 2 aromatic carbocycles. The average Bonchev–Trinajstić information content (AvgIpc) is 2.93. The first-order valence-corrected chi connectivity index (χ1v) is 11.1.